The molecule has 32 heavy (non-hydrogen) atoms. The number of benzene rings is 2. The number of amides is 2. The van der Waals surface area contributed by atoms with Crippen molar-refractivity contribution < 1.29 is 18.7 Å². The summed E-state index contributed by atoms with van der Waals surface area (Å²) in [5.74, 6) is 1.33. The van der Waals surface area contributed by atoms with Crippen molar-refractivity contribution in [3.63, 3.8) is 0 Å². The molecule has 2 amide bonds. The van der Waals surface area contributed by atoms with E-state index < -0.39 is 0 Å². The van der Waals surface area contributed by atoms with Crippen molar-refractivity contribution in [3.8, 4) is 5.75 Å². The fourth-order valence-electron chi connectivity index (χ4n) is 3.55. The highest BCUT2D eigenvalue weighted by Gasteiger charge is 2.40. The predicted molar refractivity (Wildman–Crippen MR) is 128 cm³/mol. The molecule has 0 fully saturated rings. The van der Waals surface area contributed by atoms with Crippen LogP contribution < -0.4 is 9.64 Å². The molecule has 0 radical (unpaired) electrons. The van der Waals surface area contributed by atoms with Gasteiger partial charge in [-0.15, -0.1) is 11.8 Å². The van der Waals surface area contributed by atoms with Crippen molar-refractivity contribution in [1.82, 2.24) is 0 Å². The maximum atomic E-state index is 13.6. The number of furan rings is 1. The van der Waals surface area contributed by atoms with Crippen molar-refractivity contribution in [3.05, 3.63) is 88.2 Å². The molecular formula is C26H25NO4S. The lowest BCUT2D eigenvalue weighted by molar-refractivity contribution is -0.119. The van der Waals surface area contributed by atoms with Gasteiger partial charge in [-0.25, -0.2) is 4.90 Å². The number of hydrogen-bond donors (Lipinski definition) is 0. The van der Waals surface area contributed by atoms with Crippen molar-refractivity contribution >= 4 is 34.8 Å². The van der Waals surface area contributed by atoms with Crippen LogP contribution in [-0.4, -0.2) is 18.4 Å². The van der Waals surface area contributed by atoms with Crippen LogP contribution in [0.25, 0.3) is 5.57 Å². The van der Waals surface area contributed by atoms with Crippen LogP contribution in [0.2, 0.25) is 0 Å². The number of rotatable bonds is 8. The smallest absolute Gasteiger partial charge is 0.272 e. The van der Waals surface area contributed by atoms with Crippen molar-refractivity contribution in [2.24, 2.45) is 0 Å². The summed E-state index contributed by atoms with van der Waals surface area (Å²) in [4.78, 5) is 28.8. The fraction of sp³-hybridized carbons (Fsp3) is 0.231. The Kier molecular flexibility index (Phi) is 6.51. The first-order chi connectivity index (χ1) is 15.5. The Labute approximate surface area is 192 Å². The van der Waals surface area contributed by atoms with Gasteiger partial charge in [0.25, 0.3) is 11.8 Å². The molecule has 0 N–H and O–H groups in total. The zero-order valence-electron chi connectivity index (χ0n) is 18.4. The summed E-state index contributed by atoms with van der Waals surface area (Å²) < 4.78 is 11.1. The van der Waals surface area contributed by atoms with E-state index >= 15 is 0 Å². The molecule has 0 saturated carbocycles. The summed E-state index contributed by atoms with van der Waals surface area (Å²) in [7, 11) is 0. The molecule has 0 saturated heterocycles. The number of hydrogen-bond acceptors (Lipinski definition) is 5. The van der Waals surface area contributed by atoms with E-state index in [2.05, 4.69) is 0 Å². The molecule has 0 unspecified atom stereocenters. The minimum Gasteiger partial charge on any atom is -0.494 e. The molecule has 164 valence electrons. The number of carbonyl (C=O) groups excluding carboxylic acids is 2. The Hall–Kier alpha value is -3.25. The van der Waals surface area contributed by atoms with Gasteiger partial charge in [0.2, 0.25) is 0 Å². The Morgan fingerprint density at radius 2 is 1.78 bits per heavy atom. The minimum atomic E-state index is -0.312. The highest BCUT2D eigenvalue weighted by molar-refractivity contribution is 8.03. The maximum absolute atomic E-state index is 13.6. The second kappa shape index (κ2) is 9.49. The van der Waals surface area contributed by atoms with E-state index in [1.54, 1.807) is 6.26 Å². The molecule has 5 nitrogen and oxygen atoms in total. The average Bonchev–Trinajstić information content (AvgIpc) is 3.39. The Morgan fingerprint density at radius 1 is 1.00 bits per heavy atom. The van der Waals surface area contributed by atoms with Crippen molar-refractivity contribution in [2.75, 3.05) is 11.5 Å². The lowest BCUT2D eigenvalue weighted by Crippen LogP contribution is -2.32. The monoisotopic (exact) mass is 447 g/mol. The van der Waals surface area contributed by atoms with Gasteiger partial charge in [-0.2, -0.15) is 0 Å². The van der Waals surface area contributed by atoms with Crippen LogP contribution in [-0.2, 0) is 15.3 Å². The van der Waals surface area contributed by atoms with Crippen LogP contribution in [0.5, 0.6) is 5.75 Å². The average molecular weight is 448 g/mol. The second-order valence-electron chi connectivity index (χ2n) is 7.68. The van der Waals surface area contributed by atoms with Crippen LogP contribution >= 0.6 is 11.8 Å². The summed E-state index contributed by atoms with van der Waals surface area (Å²) >= 11 is 1.33. The molecule has 1 aliphatic rings. The third-order valence-corrected chi connectivity index (χ3v) is 6.30. The zero-order chi connectivity index (χ0) is 22.7. The van der Waals surface area contributed by atoms with E-state index in [4.69, 9.17) is 9.15 Å². The number of imide groups is 1. The summed E-state index contributed by atoms with van der Waals surface area (Å²) in [5, 5.41) is 0. The van der Waals surface area contributed by atoms with Gasteiger partial charge in [0.1, 0.15) is 11.5 Å². The zero-order valence-corrected chi connectivity index (χ0v) is 19.2. The maximum Gasteiger partial charge on any atom is 0.272 e. The number of ether oxygens (including phenoxy) is 1. The van der Waals surface area contributed by atoms with E-state index in [0.717, 1.165) is 29.1 Å². The lowest BCUT2D eigenvalue weighted by atomic mass is 10.1. The number of nitrogens with zero attached hydrogens (tertiary/aromatic N) is 1. The van der Waals surface area contributed by atoms with E-state index in [1.807, 2.05) is 75.4 Å². The number of thioether (sulfide) groups is 1. The Morgan fingerprint density at radius 3 is 2.47 bits per heavy atom. The lowest BCUT2D eigenvalue weighted by Gasteiger charge is -2.18. The van der Waals surface area contributed by atoms with Gasteiger partial charge in [0, 0.05) is 0 Å². The summed E-state index contributed by atoms with van der Waals surface area (Å²) in [6.45, 7) is 6.53. The molecular weight excluding hydrogens is 422 g/mol. The molecule has 1 aromatic heterocycles. The van der Waals surface area contributed by atoms with E-state index in [0.29, 0.717) is 34.1 Å². The standard InChI is InChI=1S/C26H25NO4S/c1-4-13-30-20-11-9-19(10-12-20)23-24(32-16-21-6-5-14-31-21)26(29)27(25(23)28)22-15-17(2)7-8-18(22)3/h5-12,14-15H,4,13,16H2,1-3H3. The first-order valence-electron chi connectivity index (χ1n) is 10.6. The summed E-state index contributed by atoms with van der Waals surface area (Å²) in [5.41, 5.74) is 3.59. The van der Waals surface area contributed by atoms with Gasteiger partial charge in [-0.05, 0) is 67.3 Å². The Bertz CT molecular complexity index is 1160. The molecule has 0 aliphatic carbocycles. The number of anilines is 1. The van der Waals surface area contributed by atoms with E-state index in [-0.39, 0.29) is 11.8 Å². The van der Waals surface area contributed by atoms with Crippen molar-refractivity contribution in [1.29, 1.82) is 0 Å². The molecule has 0 atom stereocenters. The van der Waals surface area contributed by atoms with E-state index in [9.17, 15) is 9.59 Å². The van der Waals surface area contributed by atoms with Crippen LogP contribution in [0.3, 0.4) is 0 Å². The second-order valence-corrected chi connectivity index (χ2v) is 8.67. The van der Waals surface area contributed by atoms with Crippen LogP contribution in [0.1, 0.15) is 35.8 Å². The van der Waals surface area contributed by atoms with Crippen LogP contribution in [0.15, 0.2) is 70.2 Å². The largest absolute Gasteiger partial charge is 0.494 e. The van der Waals surface area contributed by atoms with Crippen LogP contribution in [0, 0.1) is 13.8 Å². The fourth-order valence-corrected chi connectivity index (χ4v) is 4.57. The predicted octanol–water partition coefficient (Wildman–Crippen LogP) is 5.90. The first kappa shape index (κ1) is 22.0. The third-order valence-electron chi connectivity index (χ3n) is 5.20. The SMILES string of the molecule is CCCOc1ccc(C2=C(SCc3ccco3)C(=O)N(c3cc(C)ccc3C)C2=O)cc1. The molecule has 1 aliphatic heterocycles. The van der Waals surface area contributed by atoms with Gasteiger partial charge in [0.05, 0.1) is 34.8 Å². The molecule has 0 bridgehead atoms. The van der Waals surface area contributed by atoms with Crippen LogP contribution in [0.4, 0.5) is 5.69 Å². The molecule has 2 aromatic carbocycles. The molecule has 0 spiro atoms. The minimum absolute atomic E-state index is 0.304. The van der Waals surface area contributed by atoms with E-state index in [1.165, 1.54) is 16.7 Å². The molecule has 6 heteroatoms. The topological polar surface area (TPSA) is 59.8 Å². The van der Waals surface area contributed by atoms with Gasteiger partial charge in [-0.1, -0.05) is 31.2 Å². The normalized spacial score (nSPS) is 13.9. The highest BCUT2D eigenvalue weighted by Crippen LogP contribution is 2.41. The van der Waals surface area contributed by atoms with Gasteiger partial charge >= 0.3 is 0 Å². The van der Waals surface area contributed by atoms with Gasteiger partial charge in [0.15, 0.2) is 0 Å². The quantitative estimate of drug-likeness (QED) is 0.402. The number of carbonyl (C=O) groups is 2. The van der Waals surface area contributed by atoms with Gasteiger partial charge < -0.3 is 9.15 Å². The third kappa shape index (κ3) is 4.36. The number of aryl methyl sites for hydroxylation is 2. The van der Waals surface area contributed by atoms with Crippen molar-refractivity contribution in [2.45, 2.75) is 32.9 Å². The van der Waals surface area contributed by atoms with Gasteiger partial charge in [-0.3, -0.25) is 9.59 Å². The summed E-state index contributed by atoms with van der Waals surface area (Å²) in [6, 6.07) is 16.8. The Balaban J connectivity index is 1.73. The highest BCUT2D eigenvalue weighted by atomic mass is 32.2. The summed E-state index contributed by atoms with van der Waals surface area (Å²) in [6.07, 6.45) is 2.52. The molecule has 2 heterocycles. The molecule has 3 aromatic rings. The molecule has 4 rings (SSSR count). The first-order valence-corrected chi connectivity index (χ1v) is 11.6.